The van der Waals surface area contributed by atoms with Crippen molar-refractivity contribution in [1.82, 2.24) is 0 Å². The SMILES string of the molecule is C[n+]1ccc(-c2cc[n+](CCCCCN)cc2)cc1. The Bertz CT molecular complexity index is 488. The Morgan fingerprint density at radius 1 is 0.842 bits per heavy atom. The second kappa shape index (κ2) is 7.00. The molecule has 0 aliphatic rings. The van der Waals surface area contributed by atoms with Crippen LogP contribution in [0.25, 0.3) is 11.1 Å². The van der Waals surface area contributed by atoms with Crippen LogP contribution in [0.3, 0.4) is 0 Å². The van der Waals surface area contributed by atoms with Crippen LogP contribution in [0, 0.1) is 0 Å². The van der Waals surface area contributed by atoms with E-state index in [2.05, 4.69) is 53.6 Å². The molecule has 0 radical (unpaired) electrons. The lowest BCUT2D eigenvalue weighted by atomic mass is 10.1. The molecule has 0 aliphatic carbocycles. The zero-order valence-corrected chi connectivity index (χ0v) is 11.6. The van der Waals surface area contributed by atoms with E-state index in [-0.39, 0.29) is 0 Å². The fraction of sp³-hybridized carbons (Fsp3) is 0.375. The normalized spacial score (nSPS) is 10.6. The maximum atomic E-state index is 5.49. The highest BCUT2D eigenvalue weighted by atomic mass is 14.9. The van der Waals surface area contributed by atoms with Crippen molar-refractivity contribution in [2.45, 2.75) is 25.8 Å². The number of aromatic nitrogens is 2. The predicted molar refractivity (Wildman–Crippen MR) is 76.2 cm³/mol. The first-order valence-electron chi connectivity index (χ1n) is 6.94. The quantitative estimate of drug-likeness (QED) is 0.619. The second-order valence-electron chi connectivity index (χ2n) is 4.93. The van der Waals surface area contributed by atoms with Gasteiger partial charge in [-0.1, -0.05) is 0 Å². The van der Waals surface area contributed by atoms with E-state index in [9.17, 15) is 0 Å². The molecule has 0 bridgehead atoms. The van der Waals surface area contributed by atoms with Crippen LogP contribution in [0.2, 0.25) is 0 Å². The smallest absolute Gasteiger partial charge is 0.169 e. The summed E-state index contributed by atoms with van der Waals surface area (Å²) in [6, 6.07) is 8.64. The number of aryl methyl sites for hydroxylation is 2. The lowest BCUT2D eigenvalue weighted by Gasteiger charge is -2.00. The Morgan fingerprint density at radius 2 is 1.42 bits per heavy atom. The molecule has 2 rings (SSSR count). The van der Waals surface area contributed by atoms with Gasteiger partial charge in [0, 0.05) is 30.7 Å². The van der Waals surface area contributed by atoms with E-state index in [0.717, 1.165) is 19.5 Å². The Labute approximate surface area is 115 Å². The first kappa shape index (κ1) is 13.7. The lowest BCUT2D eigenvalue weighted by molar-refractivity contribution is -0.697. The molecule has 0 unspecified atom stereocenters. The van der Waals surface area contributed by atoms with Gasteiger partial charge in [-0.05, 0) is 30.5 Å². The first-order chi connectivity index (χ1) is 9.29. The summed E-state index contributed by atoms with van der Waals surface area (Å²) >= 11 is 0. The number of pyridine rings is 2. The Balaban J connectivity index is 1.96. The number of nitrogens with zero attached hydrogens (tertiary/aromatic N) is 2. The van der Waals surface area contributed by atoms with Crippen molar-refractivity contribution >= 4 is 0 Å². The summed E-state index contributed by atoms with van der Waals surface area (Å²) in [5, 5.41) is 0. The van der Waals surface area contributed by atoms with Gasteiger partial charge in [0.25, 0.3) is 0 Å². The molecule has 19 heavy (non-hydrogen) atoms. The van der Waals surface area contributed by atoms with E-state index in [4.69, 9.17) is 5.73 Å². The summed E-state index contributed by atoms with van der Waals surface area (Å²) in [5.74, 6) is 0. The van der Waals surface area contributed by atoms with Gasteiger partial charge in [0.1, 0.15) is 13.6 Å². The lowest BCUT2D eigenvalue weighted by Crippen LogP contribution is -2.32. The van der Waals surface area contributed by atoms with E-state index in [1.54, 1.807) is 0 Å². The average molecular weight is 257 g/mol. The maximum absolute atomic E-state index is 5.49. The molecule has 0 aromatic carbocycles. The summed E-state index contributed by atoms with van der Waals surface area (Å²) in [6.45, 7) is 1.87. The summed E-state index contributed by atoms with van der Waals surface area (Å²) in [4.78, 5) is 0. The number of hydrogen-bond donors (Lipinski definition) is 1. The maximum Gasteiger partial charge on any atom is 0.169 e. The molecule has 0 atom stereocenters. The van der Waals surface area contributed by atoms with Gasteiger partial charge in [-0.25, -0.2) is 9.13 Å². The summed E-state index contributed by atoms with van der Waals surface area (Å²) in [5.41, 5.74) is 8.01. The summed E-state index contributed by atoms with van der Waals surface area (Å²) < 4.78 is 4.28. The molecule has 0 aliphatic heterocycles. The molecule has 3 heteroatoms. The fourth-order valence-corrected chi connectivity index (χ4v) is 2.11. The minimum atomic E-state index is 0.801. The van der Waals surface area contributed by atoms with Gasteiger partial charge >= 0.3 is 0 Å². The Morgan fingerprint density at radius 3 is 2.00 bits per heavy atom. The summed E-state index contributed by atoms with van der Waals surface area (Å²) in [6.07, 6.45) is 12.0. The topological polar surface area (TPSA) is 33.8 Å². The molecule has 0 fully saturated rings. The van der Waals surface area contributed by atoms with E-state index in [1.165, 1.54) is 24.0 Å². The first-order valence-corrected chi connectivity index (χ1v) is 6.94. The van der Waals surface area contributed by atoms with Crippen LogP contribution < -0.4 is 14.9 Å². The van der Waals surface area contributed by atoms with E-state index in [1.807, 2.05) is 11.6 Å². The van der Waals surface area contributed by atoms with Crippen molar-refractivity contribution in [3.05, 3.63) is 49.1 Å². The van der Waals surface area contributed by atoms with Crippen molar-refractivity contribution in [1.29, 1.82) is 0 Å². The third-order valence-corrected chi connectivity index (χ3v) is 3.32. The van der Waals surface area contributed by atoms with Gasteiger partial charge in [0.15, 0.2) is 24.8 Å². The molecule has 2 heterocycles. The Kier molecular flexibility index (Phi) is 5.04. The number of unbranched alkanes of at least 4 members (excludes halogenated alkanes) is 2. The van der Waals surface area contributed by atoms with Crippen molar-refractivity contribution in [3.63, 3.8) is 0 Å². The number of nitrogens with two attached hydrogens (primary N) is 1. The molecular weight excluding hydrogens is 234 g/mol. The van der Waals surface area contributed by atoms with Crippen LogP contribution in [0.15, 0.2) is 49.1 Å². The minimum absolute atomic E-state index is 0.801. The van der Waals surface area contributed by atoms with Gasteiger partial charge < -0.3 is 5.73 Å². The number of rotatable bonds is 6. The summed E-state index contributed by atoms with van der Waals surface area (Å²) in [7, 11) is 2.03. The predicted octanol–water partition coefficient (Wildman–Crippen LogP) is 1.59. The van der Waals surface area contributed by atoms with Gasteiger partial charge in [0.05, 0.1) is 0 Å². The van der Waals surface area contributed by atoms with Gasteiger partial charge in [-0.3, -0.25) is 0 Å². The molecule has 2 N–H and O–H groups in total. The zero-order chi connectivity index (χ0) is 13.5. The zero-order valence-electron chi connectivity index (χ0n) is 11.6. The largest absolute Gasteiger partial charge is 0.330 e. The molecule has 0 saturated heterocycles. The van der Waals surface area contributed by atoms with Crippen LogP contribution in [-0.4, -0.2) is 6.54 Å². The molecule has 3 nitrogen and oxygen atoms in total. The molecular formula is C16H23N3+2. The highest BCUT2D eigenvalue weighted by Crippen LogP contribution is 2.15. The molecule has 0 saturated carbocycles. The fourth-order valence-electron chi connectivity index (χ4n) is 2.11. The molecule has 2 aromatic heterocycles. The van der Waals surface area contributed by atoms with E-state index in [0.29, 0.717) is 0 Å². The third kappa shape index (κ3) is 4.14. The van der Waals surface area contributed by atoms with Crippen LogP contribution in [0.5, 0.6) is 0 Å². The van der Waals surface area contributed by atoms with E-state index < -0.39 is 0 Å². The van der Waals surface area contributed by atoms with Crippen LogP contribution in [0.4, 0.5) is 0 Å². The van der Waals surface area contributed by atoms with Gasteiger partial charge in [0.2, 0.25) is 0 Å². The molecule has 2 aromatic rings. The van der Waals surface area contributed by atoms with E-state index >= 15 is 0 Å². The molecule has 0 spiro atoms. The Hall–Kier alpha value is -1.74. The van der Waals surface area contributed by atoms with Crippen LogP contribution in [0.1, 0.15) is 19.3 Å². The number of hydrogen-bond acceptors (Lipinski definition) is 1. The molecule has 100 valence electrons. The second-order valence-corrected chi connectivity index (χ2v) is 4.93. The van der Waals surface area contributed by atoms with Gasteiger partial charge in [-0.2, -0.15) is 0 Å². The van der Waals surface area contributed by atoms with Gasteiger partial charge in [-0.15, -0.1) is 0 Å². The average Bonchev–Trinajstić information content (AvgIpc) is 2.45. The standard InChI is InChI=1S/C16H23N3/c1-18-11-5-15(6-12-18)16-7-13-19(14-8-16)10-4-2-3-9-17/h5-8,11-14H,2-4,9-10,17H2,1H3/q+2. The molecule has 0 amide bonds. The monoisotopic (exact) mass is 257 g/mol. The third-order valence-electron chi connectivity index (χ3n) is 3.32. The van der Waals surface area contributed by atoms with Crippen molar-refractivity contribution in [3.8, 4) is 11.1 Å². The van der Waals surface area contributed by atoms with Crippen molar-refractivity contribution in [2.75, 3.05) is 6.54 Å². The van der Waals surface area contributed by atoms with Crippen molar-refractivity contribution < 1.29 is 9.13 Å². The van der Waals surface area contributed by atoms with Crippen molar-refractivity contribution in [2.24, 2.45) is 12.8 Å². The minimum Gasteiger partial charge on any atom is -0.330 e. The highest BCUT2D eigenvalue weighted by Gasteiger charge is 2.04. The van der Waals surface area contributed by atoms with Crippen LogP contribution in [-0.2, 0) is 13.6 Å². The van der Waals surface area contributed by atoms with Crippen LogP contribution >= 0.6 is 0 Å². The highest BCUT2D eigenvalue weighted by molar-refractivity contribution is 5.60.